The first-order valence-corrected chi connectivity index (χ1v) is 8.10. The van der Waals surface area contributed by atoms with E-state index in [1.165, 1.54) is 38.3 Å². The van der Waals surface area contributed by atoms with Crippen LogP contribution in [0.5, 0.6) is 11.5 Å². The molecule has 0 heterocycles. The van der Waals surface area contributed by atoms with Crippen molar-refractivity contribution in [3.05, 3.63) is 58.9 Å². The van der Waals surface area contributed by atoms with E-state index in [1.54, 1.807) is 18.2 Å². The highest BCUT2D eigenvalue weighted by molar-refractivity contribution is 6.30. The van der Waals surface area contributed by atoms with Gasteiger partial charge < -0.3 is 9.47 Å². The zero-order valence-electron chi connectivity index (χ0n) is 14.2. The topological polar surface area (TPSA) is 76.7 Å². The van der Waals surface area contributed by atoms with Crippen LogP contribution in [0.4, 0.5) is 4.39 Å². The van der Waals surface area contributed by atoms with Crippen LogP contribution in [0, 0.1) is 5.82 Å². The molecule has 138 valence electrons. The monoisotopic (exact) mass is 380 g/mol. The lowest BCUT2D eigenvalue weighted by atomic mass is 10.1. The Morgan fingerprint density at radius 1 is 1.15 bits per heavy atom. The van der Waals surface area contributed by atoms with Crippen molar-refractivity contribution < 1.29 is 23.5 Å². The fourth-order valence-corrected chi connectivity index (χ4v) is 2.30. The molecule has 1 atom stereocenters. The summed E-state index contributed by atoms with van der Waals surface area (Å²) in [5, 5.41) is 0.471. The Balaban J connectivity index is 1.85. The maximum Gasteiger partial charge on any atom is 0.279 e. The Morgan fingerprint density at radius 2 is 1.85 bits per heavy atom. The number of rotatable bonds is 6. The highest BCUT2D eigenvalue weighted by atomic mass is 35.5. The lowest BCUT2D eigenvalue weighted by Gasteiger charge is -2.15. The van der Waals surface area contributed by atoms with E-state index in [-0.39, 0.29) is 6.42 Å². The van der Waals surface area contributed by atoms with Crippen LogP contribution < -0.4 is 20.3 Å². The Morgan fingerprint density at radius 3 is 2.50 bits per heavy atom. The first-order chi connectivity index (χ1) is 12.4. The second-order valence-corrected chi connectivity index (χ2v) is 5.82. The first kappa shape index (κ1) is 19.5. The number of benzene rings is 2. The molecule has 0 fully saturated rings. The van der Waals surface area contributed by atoms with Crippen LogP contribution >= 0.6 is 11.6 Å². The zero-order chi connectivity index (χ0) is 19.1. The van der Waals surface area contributed by atoms with Crippen molar-refractivity contribution in [3.63, 3.8) is 0 Å². The fraction of sp³-hybridized carbons (Fsp3) is 0.222. The van der Waals surface area contributed by atoms with Gasteiger partial charge in [0.15, 0.2) is 6.10 Å². The normalized spacial score (nSPS) is 11.4. The van der Waals surface area contributed by atoms with E-state index in [4.69, 9.17) is 21.1 Å². The maximum absolute atomic E-state index is 12.9. The summed E-state index contributed by atoms with van der Waals surface area (Å²) in [7, 11) is 1.49. The molecule has 0 aromatic heterocycles. The summed E-state index contributed by atoms with van der Waals surface area (Å²) >= 11 is 5.92. The Kier molecular flexibility index (Phi) is 6.80. The van der Waals surface area contributed by atoms with Crippen LogP contribution in [0.3, 0.4) is 0 Å². The molecule has 0 saturated heterocycles. The van der Waals surface area contributed by atoms with Crippen molar-refractivity contribution in [2.45, 2.75) is 19.4 Å². The maximum atomic E-state index is 12.9. The number of methoxy groups -OCH3 is 1. The molecule has 8 heteroatoms. The lowest BCUT2D eigenvalue weighted by Crippen LogP contribution is -2.47. The van der Waals surface area contributed by atoms with Crippen LogP contribution in [-0.4, -0.2) is 25.0 Å². The van der Waals surface area contributed by atoms with Crippen LogP contribution in [0.25, 0.3) is 0 Å². The summed E-state index contributed by atoms with van der Waals surface area (Å²) in [5.41, 5.74) is 5.16. The van der Waals surface area contributed by atoms with Crippen molar-refractivity contribution in [2.75, 3.05) is 7.11 Å². The minimum absolute atomic E-state index is 0.0305. The van der Waals surface area contributed by atoms with Crippen LogP contribution in [0.1, 0.15) is 12.5 Å². The molecule has 2 rings (SSSR count). The third kappa shape index (κ3) is 5.63. The molecule has 0 aliphatic carbocycles. The number of hydrazine groups is 1. The zero-order valence-corrected chi connectivity index (χ0v) is 15.0. The lowest BCUT2D eigenvalue weighted by molar-refractivity contribution is -0.132. The van der Waals surface area contributed by atoms with E-state index in [1.807, 2.05) is 0 Å². The van der Waals surface area contributed by atoms with E-state index >= 15 is 0 Å². The van der Waals surface area contributed by atoms with Gasteiger partial charge in [-0.15, -0.1) is 0 Å². The number of hydrogen-bond acceptors (Lipinski definition) is 4. The van der Waals surface area contributed by atoms with E-state index in [0.29, 0.717) is 22.1 Å². The van der Waals surface area contributed by atoms with Crippen LogP contribution in [0.15, 0.2) is 42.5 Å². The molecule has 0 aliphatic heterocycles. The Hall–Kier alpha value is -2.80. The average molecular weight is 381 g/mol. The summed E-state index contributed by atoms with van der Waals surface area (Å²) in [6.07, 6.45) is -0.918. The fourth-order valence-electron chi connectivity index (χ4n) is 2.11. The molecule has 6 nitrogen and oxygen atoms in total. The minimum Gasteiger partial charge on any atom is -0.496 e. The first-order valence-electron chi connectivity index (χ1n) is 7.72. The minimum atomic E-state index is -0.888. The number of hydrogen-bond donors (Lipinski definition) is 2. The van der Waals surface area contributed by atoms with E-state index in [2.05, 4.69) is 10.9 Å². The molecule has 0 unspecified atom stereocenters. The SMILES string of the molecule is COc1ccc(Cl)cc1CC(=O)NNC(=O)[C@H](C)Oc1ccc(F)cc1. The largest absolute Gasteiger partial charge is 0.496 e. The Bertz CT molecular complexity index is 783. The van der Waals surface area contributed by atoms with Crippen molar-refractivity contribution in [1.29, 1.82) is 0 Å². The molecule has 0 spiro atoms. The van der Waals surface area contributed by atoms with Gasteiger partial charge in [0.05, 0.1) is 13.5 Å². The quantitative estimate of drug-likeness (QED) is 0.755. The van der Waals surface area contributed by atoms with Crippen molar-refractivity contribution in [3.8, 4) is 11.5 Å². The van der Waals surface area contributed by atoms with E-state index < -0.39 is 23.7 Å². The highest BCUT2D eigenvalue weighted by Gasteiger charge is 2.16. The van der Waals surface area contributed by atoms with Gasteiger partial charge in [0, 0.05) is 10.6 Å². The van der Waals surface area contributed by atoms with Gasteiger partial charge in [-0.1, -0.05) is 11.6 Å². The van der Waals surface area contributed by atoms with E-state index in [9.17, 15) is 14.0 Å². The van der Waals surface area contributed by atoms with Gasteiger partial charge >= 0.3 is 0 Å². The summed E-state index contributed by atoms with van der Waals surface area (Å²) < 4.78 is 23.4. The second-order valence-electron chi connectivity index (χ2n) is 5.38. The van der Waals surface area contributed by atoms with Gasteiger partial charge in [0.2, 0.25) is 5.91 Å². The third-order valence-electron chi connectivity index (χ3n) is 3.41. The number of nitrogens with one attached hydrogen (secondary N) is 2. The van der Waals surface area contributed by atoms with Crippen LogP contribution in [0.2, 0.25) is 5.02 Å². The summed E-state index contributed by atoms with van der Waals surface area (Å²) in [5.74, 6) is -0.556. The molecular formula is C18H18ClFN2O4. The highest BCUT2D eigenvalue weighted by Crippen LogP contribution is 2.22. The molecule has 0 aliphatic rings. The number of ether oxygens (including phenoxy) is 2. The van der Waals surface area contributed by atoms with Crippen molar-refractivity contribution in [1.82, 2.24) is 10.9 Å². The predicted octanol–water partition coefficient (Wildman–Crippen LogP) is 2.65. The summed E-state index contributed by atoms with van der Waals surface area (Å²) in [6, 6.07) is 10.2. The van der Waals surface area contributed by atoms with Gasteiger partial charge in [0.25, 0.3) is 5.91 Å². The Labute approximate surface area is 155 Å². The second kappa shape index (κ2) is 9.05. The molecule has 2 aromatic carbocycles. The van der Waals surface area contributed by atoms with Crippen molar-refractivity contribution in [2.24, 2.45) is 0 Å². The van der Waals surface area contributed by atoms with E-state index in [0.717, 1.165) is 0 Å². The molecule has 2 amide bonds. The molecule has 26 heavy (non-hydrogen) atoms. The molecule has 0 saturated carbocycles. The van der Waals surface area contributed by atoms with Crippen LogP contribution in [-0.2, 0) is 16.0 Å². The molecule has 2 aromatic rings. The molecular weight excluding hydrogens is 363 g/mol. The average Bonchev–Trinajstić information content (AvgIpc) is 2.61. The van der Waals surface area contributed by atoms with Gasteiger partial charge in [-0.05, 0) is 49.4 Å². The number of amides is 2. The smallest absolute Gasteiger partial charge is 0.279 e. The number of halogens is 2. The van der Waals surface area contributed by atoms with Gasteiger partial charge in [-0.3, -0.25) is 20.4 Å². The molecule has 0 bridgehead atoms. The summed E-state index contributed by atoms with van der Waals surface area (Å²) in [6.45, 7) is 1.50. The predicted molar refractivity (Wildman–Crippen MR) is 94.5 cm³/mol. The molecule has 2 N–H and O–H groups in total. The van der Waals surface area contributed by atoms with Crippen molar-refractivity contribution >= 4 is 23.4 Å². The third-order valence-corrected chi connectivity index (χ3v) is 3.65. The molecule has 0 radical (unpaired) electrons. The summed E-state index contributed by atoms with van der Waals surface area (Å²) in [4.78, 5) is 24.0. The van der Waals surface area contributed by atoms with Gasteiger partial charge in [-0.25, -0.2) is 4.39 Å². The standard InChI is InChI=1S/C18H18ClFN2O4/c1-11(26-15-6-4-14(20)5-7-15)18(24)22-21-17(23)10-12-9-13(19)3-8-16(12)25-2/h3-9,11H,10H2,1-2H3,(H,21,23)(H,22,24)/t11-/m0/s1. The number of carbonyl (C=O) groups excluding carboxylic acids is 2. The van der Waals surface area contributed by atoms with Gasteiger partial charge in [0.1, 0.15) is 17.3 Å². The number of carbonyl (C=O) groups is 2. The van der Waals surface area contributed by atoms with Gasteiger partial charge in [-0.2, -0.15) is 0 Å².